The molecule has 0 aliphatic heterocycles. The van der Waals surface area contributed by atoms with Crippen molar-refractivity contribution in [1.82, 2.24) is 20.8 Å². The maximum absolute atomic E-state index is 12.1. The van der Waals surface area contributed by atoms with Gasteiger partial charge in [0.15, 0.2) is 0 Å². The molecule has 2 N–H and O–H groups in total. The number of aromatic nitrogens is 2. The van der Waals surface area contributed by atoms with Crippen LogP contribution >= 0.6 is 23.1 Å². The van der Waals surface area contributed by atoms with Crippen LogP contribution < -0.4 is 10.6 Å². The largest absolute Gasteiger partial charge is 0.410 e. The highest BCUT2D eigenvalue weighted by molar-refractivity contribution is 8.00. The molecule has 0 radical (unpaired) electrons. The van der Waals surface area contributed by atoms with Crippen molar-refractivity contribution < 1.29 is 14.0 Å². The van der Waals surface area contributed by atoms with Crippen LogP contribution in [0.2, 0.25) is 0 Å². The van der Waals surface area contributed by atoms with Gasteiger partial charge in [-0.1, -0.05) is 18.7 Å². The minimum atomic E-state index is -0.534. The first kappa shape index (κ1) is 19.9. The van der Waals surface area contributed by atoms with Gasteiger partial charge in [0.05, 0.1) is 10.1 Å². The zero-order valence-corrected chi connectivity index (χ0v) is 17.5. The van der Waals surface area contributed by atoms with Gasteiger partial charge in [-0.3, -0.25) is 10.1 Å². The molecule has 2 aromatic heterocycles. The van der Waals surface area contributed by atoms with Crippen molar-refractivity contribution in [2.75, 3.05) is 0 Å². The number of hydrogen-bond acceptors (Lipinski definition) is 7. The summed E-state index contributed by atoms with van der Waals surface area (Å²) >= 11 is 2.84. The van der Waals surface area contributed by atoms with E-state index in [2.05, 4.69) is 33.8 Å². The third-order valence-electron chi connectivity index (χ3n) is 4.25. The number of hydrogen-bond donors (Lipinski definition) is 2. The first-order valence-electron chi connectivity index (χ1n) is 9.05. The fourth-order valence-electron chi connectivity index (χ4n) is 2.88. The number of nitrogens with zero attached hydrogens (tertiary/aromatic N) is 2. The van der Waals surface area contributed by atoms with Gasteiger partial charge in [0.1, 0.15) is 0 Å². The Morgan fingerprint density at radius 2 is 2.11 bits per heavy atom. The number of fused-ring (bicyclic) bond motifs is 1. The number of thiophene rings is 1. The Kier molecular flexibility index (Phi) is 6.21. The quantitative estimate of drug-likeness (QED) is 0.733. The highest BCUT2D eigenvalue weighted by Gasteiger charge is 2.23. The molecule has 1 aliphatic carbocycles. The molecule has 9 heteroatoms. The van der Waals surface area contributed by atoms with E-state index >= 15 is 0 Å². The van der Waals surface area contributed by atoms with Crippen molar-refractivity contribution in [3.05, 3.63) is 16.5 Å². The van der Waals surface area contributed by atoms with E-state index in [1.165, 1.54) is 16.9 Å². The average Bonchev–Trinajstić information content (AvgIpc) is 3.19. The molecule has 0 fully saturated rings. The smallest absolute Gasteiger partial charge is 0.321 e. The Labute approximate surface area is 166 Å². The second-order valence-electron chi connectivity index (χ2n) is 7.16. The van der Waals surface area contributed by atoms with Crippen LogP contribution in [0.1, 0.15) is 44.6 Å². The van der Waals surface area contributed by atoms with Crippen LogP contribution in [0, 0.1) is 5.92 Å². The summed E-state index contributed by atoms with van der Waals surface area (Å²) in [5.74, 6) is 0.786. The van der Waals surface area contributed by atoms with Crippen molar-refractivity contribution in [2.45, 2.75) is 63.5 Å². The van der Waals surface area contributed by atoms with Gasteiger partial charge in [0.2, 0.25) is 5.91 Å². The topological polar surface area (TPSA) is 97.1 Å². The van der Waals surface area contributed by atoms with Crippen LogP contribution in [0.5, 0.6) is 0 Å². The lowest BCUT2D eigenvalue weighted by molar-refractivity contribution is -0.119. The zero-order valence-electron chi connectivity index (χ0n) is 15.9. The highest BCUT2D eigenvalue weighted by atomic mass is 32.2. The van der Waals surface area contributed by atoms with E-state index in [1.807, 2.05) is 13.8 Å². The number of urea groups is 1. The van der Waals surface area contributed by atoms with Gasteiger partial charge in [-0.25, -0.2) is 4.79 Å². The Balaban J connectivity index is 1.61. The summed E-state index contributed by atoms with van der Waals surface area (Å²) < 4.78 is 5.74. The molecule has 2 aromatic rings. The standard InChI is InChI=1S/C18H24N4O3S2/c1-9(2)19-17(24)20-15(23)11(4)26-18-22-21-16(25-18)14-8-12-7-10(3)5-6-13(12)27-14/h8-11H,5-7H2,1-4H3,(H2,19,20,23,24). The van der Waals surface area contributed by atoms with E-state index in [-0.39, 0.29) is 6.04 Å². The molecule has 0 saturated heterocycles. The lowest BCUT2D eigenvalue weighted by atomic mass is 9.90. The summed E-state index contributed by atoms with van der Waals surface area (Å²) in [6, 6.07) is 1.59. The van der Waals surface area contributed by atoms with E-state index in [1.54, 1.807) is 18.3 Å². The summed E-state index contributed by atoms with van der Waals surface area (Å²) in [5.41, 5.74) is 1.38. The van der Waals surface area contributed by atoms with Crippen LogP contribution in [-0.2, 0) is 17.6 Å². The molecule has 27 heavy (non-hydrogen) atoms. The van der Waals surface area contributed by atoms with Crippen LogP contribution in [-0.4, -0.2) is 33.4 Å². The first-order chi connectivity index (χ1) is 12.8. The Hall–Kier alpha value is -1.87. The van der Waals surface area contributed by atoms with E-state index < -0.39 is 17.2 Å². The molecule has 0 saturated carbocycles. The summed E-state index contributed by atoms with van der Waals surface area (Å²) in [7, 11) is 0. The predicted molar refractivity (Wildman–Crippen MR) is 106 cm³/mol. The number of imide groups is 1. The second kappa shape index (κ2) is 8.43. The van der Waals surface area contributed by atoms with Crippen molar-refractivity contribution >= 4 is 35.0 Å². The lowest BCUT2D eigenvalue weighted by Gasteiger charge is -2.16. The molecular formula is C18H24N4O3S2. The van der Waals surface area contributed by atoms with Crippen molar-refractivity contribution in [3.63, 3.8) is 0 Å². The van der Waals surface area contributed by atoms with E-state index in [9.17, 15) is 9.59 Å². The number of thioether (sulfide) groups is 1. The Bertz CT molecular complexity index is 830. The monoisotopic (exact) mass is 408 g/mol. The van der Waals surface area contributed by atoms with Crippen LogP contribution in [0.15, 0.2) is 15.7 Å². The highest BCUT2D eigenvalue weighted by Crippen LogP contribution is 2.37. The van der Waals surface area contributed by atoms with Crippen molar-refractivity contribution in [1.29, 1.82) is 0 Å². The fraction of sp³-hybridized carbons (Fsp3) is 0.556. The van der Waals surface area contributed by atoms with Crippen molar-refractivity contribution in [3.8, 4) is 10.8 Å². The molecule has 7 nitrogen and oxygen atoms in total. The molecule has 3 amide bonds. The molecule has 2 unspecified atom stereocenters. The first-order valence-corrected chi connectivity index (χ1v) is 10.7. The Morgan fingerprint density at radius 1 is 1.33 bits per heavy atom. The molecule has 0 bridgehead atoms. The zero-order chi connectivity index (χ0) is 19.6. The van der Waals surface area contributed by atoms with Gasteiger partial charge in [0, 0.05) is 10.9 Å². The summed E-state index contributed by atoms with van der Waals surface area (Å²) in [4.78, 5) is 26.1. The lowest BCUT2D eigenvalue weighted by Crippen LogP contribution is -2.45. The summed E-state index contributed by atoms with van der Waals surface area (Å²) in [6.07, 6.45) is 3.42. The fourth-order valence-corrected chi connectivity index (χ4v) is 4.70. The number of nitrogens with one attached hydrogen (secondary N) is 2. The minimum Gasteiger partial charge on any atom is -0.410 e. The van der Waals surface area contributed by atoms with Gasteiger partial charge in [0.25, 0.3) is 11.1 Å². The molecular weight excluding hydrogens is 384 g/mol. The van der Waals surface area contributed by atoms with Crippen molar-refractivity contribution in [2.24, 2.45) is 5.92 Å². The maximum atomic E-state index is 12.1. The molecule has 1 aliphatic rings. The number of aryl methyl sites for hydroxylation is 1. The van der Waals surface area contributed by atoms with Crippen LogP contribution in [0.4, 0.5) is 4.79 Å². The Morgan fingerprint density at radius 3 is 2.85 bits per heavy atom. The average molecular weight is 409 g/mol. The molecule has 0 aromatic carbocycles. The van der Waals surface area contributed by atoms with Gasteiger partial charge in [-0.05, 0) is 57.6 Å². The maximum Gasteiger partial charge on any atom is 0.321 e. The van der Waals surface area contributed by atoms with Gasteiger partial charge < -0.3 is 9.73 Å². The normalized spacial score (nSPS) is 17.4. The third kappa shape index (κ3) is 5.10. The molecule has 146 valence electrons. The minimum absolute atomic E-state index is 0.0427. The number of amides is 3. The van der Waals surface area contributed by atoms with Gasteiger partial charge >= 0.3 is 6.03 Å². The van der Waals surface area contributed by atoms with Gasteiger partial charge in [-0.15, -0.1) is 21.5 Å². The van der Waals surface area contributed by atoms with E-state index in [4.69, 9.17) is 4.42 Å². The second-order valence-corrected chi connectivity index (χ2v) is 9.59. The molecule has 2 atom stereocenters. The number of carbonyl (C=O) groups is 2. The van der Waals surface area contributed by atoms with Crippen LogP contribution in [0.25, 0.3) is 10.8 Å². The van der Waals surface area contributed by atoms with E-state index in [0.717, 1.165) is 29.5 Å². The number of carbonyl (C=O) groups excluding carboxylic acids is 2. The van der Waals surface area contributed by atoms with E-state index in [0.29, 0.717) is 17.0 Å². The molecule has 3 rings (SSSR count). The molecule has 0 spiro atoms. The van der Waals surface area contributed by atoms with Crippen LogP contribution in [0.3, 0.4) is 0 Å². The summed E-state index contributed by atoms with van der Waals surface area (Å²) in [6.45, 7) is 7.61. The predicted octanol–water partition coefficient (Wildman–Crippen LogP) is 3.64. The number of rotatable bonds is 5. The molecule has 2 heterocycles. The summed E-state index contributed by atoms with van der Waals surface area (Å²) in [5, 5.41) is 12.9. The van der Waals surface area contributed by atoms with Gasteiger partial charge in [-0.2, -0.15) is 0 Å². The SMILES string of the molecule is CC1CCc2sc(-c3nnc(SC(C)C(=O)NC(=O)NC(C)C)o3)cc2C1. The third-order valence-corrected chi connectivity index (χ3v) is 6.41.